The van der Waals surface area contributed by atoms with Crippen molar-refractivity contribution in [2.75, 3.05) is 20.3 Å². The Labute approximate surface area is 150 Å². The summed E-state index contributed by atoms with van der Waals surface area (Å²) in [6.07, 6.45) is -0.222. The second-order valence-electron chi connectivity index (χ2n) is 5.12. The van der Waals surface area contributed by atoms with Gasteiger partial charge in [-0.3, -0.25) is 0 Å². The quantitative estimate of drug-likeness (QED) is 0.691. The zero-order valence-electron chi connectivity index (χ0n) is 12.1. The van der Waals surface area contributed by atoms with Gasteiger partial charge in [-0.2, -0.15) is 0 Å². The highest BCUT2D eigenvalue weighted by Crippen LogP contribution is 2.35. The second-order valence-corrected chi connectivity index (χ2v) is 6.64. The lowest BCUT2D eigenvalue weighted by Gasteiger charge is -2.13. The SMILES string of the molecule is COC(=O)OC[C@@H]1C[C@H](n2c(Br)nc3cc(Cl)c(Cl)cc32)CO1. The molecule has 0 spiro atoms. The normalized spacial score (nSPS) is 20.9. The van der Waals surface area contributed by atoms with Crippen molar-refractivity contribution in [1.82, 2.24) is 9.55 Å². The zero-order valence-corrected chi connectivity index (χ0v) is 15.2. The molecule has 1 aromatic heterocycles. The molecule has 2 atom stereocenters. The van der Waals surface area contributed by atoms with Crippen LogP contribution in [-0.2, 0) is 14.2 Å². The van der Waals surface area contributed by atoms with Gasteiger partial charge in [0.05, 0.1) is 46.9 Å². The number of ether oxygens (including phenoxy) is 3. The number of rotatable bonds is 3. The summed E-state index contributed by atoms with van der Waals surface area (Å²) >= 11 is 15.6. The van der Waals surface area contributed by atoms with Crippen LogP contribution in [0, 0.1) is 0 Å². The van der Waals surface area contributed by atoms with Crippen LogP contribution in [0.1, 0.15) is 12.5 Å². The molecular weight excluding hydrogens is 411 g/mol. The summed E-state index contributed by atoms with van der Waals surface area (Å²) in [5.74, 6) is 0. The Bertz CT molecular complexity index is 752. The van der Waals surface area contributed by atoms with Crippen LogP contribution >= 0.6 is 39.1 Å². The molecule has 6 nitrogen and oxygen atoms in total. The van der Waals surface area contributed by atoms with Crippen molar-refractivity contribution in [1.29, 1.82) is 0 Å². The minimum absolute atomic E-state index is 0.0536. The van der Waals surface area contributed by atoms with Gasteiger partial charge in [0.15, 0.2) is 4.73 Å². The highest BCUT2D eigenvalue weighted by molar-refractivity contribution is 9.10. The Hall–Kier alpha value is -1.02. The van der Waals surface area contributed by atoms with Crippen LogP contribution < -0.4 is 0 Å². The van der Waals surface area contributed by atoms with Gasteiger partial charge in [0.2, 0.25) is 0 Å². The first-order valence-electron chi connectivity index (χ1n) is 6.84. The highest BCUT2D eigenvalue weighted by Gasteiger charge is 2.30. The maximum Gasteiger partial charge on any atom is 0.508 e. The lowest BCUT2D eigenvalue weighted by Crippen LogP contribution is -2.18. The van der Waals surface area contributed by atoms with Gasteiger partial charge < -0.3 is 18.8 Å². The van der Waals surface area contributed by atoms with Crippen molar-refractivity contribution >= 4 is 56.3 Å². The molecule has 0 amide bonds. The van der Waals surface area contributed by atoms with E-state index >= 15 is 0 Å². The van der Waals surface area contributed by atoms with Crippen LogP contribution in [0.5, 0.6) is 0 Å². The molecule has 1 aromatic carbocycles. The molecule has 1 aliphatic rings. The predicted molar refractivity (Wildman–Crippen MR) is 89.2 cm³/mol. The number of carbonyl (C=O) groups is 1. The number of hydrogen-bond donors (Lipinski definition) is 0. The van der Waals surface area contributed by atoms with Crippen molar-refractivity contribution in [3.8, 4) is 0 Å². The molecule has 1 saturated heterocycles. The number of aromatic nitrogens is 2. The van der Waals surface area contributed by atoms with E-state index in [-0.39, 0.29) is 18.8 Å². The lowest BCUT2D eigenvalue weighted by atomic mass is 10.2. The van der Waals surface area contributed by atoms with Crippen LogP contribution in [0.25, 0.3) is 11.0 Å². The standard InChI is InChI=1S/C14H13BrCl2N2O4/c1-21-14(20)23-6-8-2-7(5-22-8)19-12-4-10(17)9(16)3-11(12)18-13(19)15/h3-4,7-8H,2,5-6H2,1H3/t7-,8-/m0/s1. The molecule has 1 fully saturated rings. The van der Waals surface area contributed by atoms with Gasteiger partial charge in [0.1, 0.15) is 6.61 Å². The Kier molecular flexibility index (Phi) is 5.01. The molecule has 0 saturated carbocycles. The zero-order chi connectivity index (χ0) is 16.6. The van der Waals surface area contributed by atoms with Gasteiger partial charge in [-0.25, -0.2) is 9.78 Å². The minimum Gasteiger partial charge on any atom is -0.438 e. The van der Waals surface area contributed by atoms with Crippen LogP contribution in [-0.4, -0.2) is 42.1 Å². The number of benzene rings is 1. The van der Waals surface area contributed by atoms with E-state index in [0.717, 1.165) is 11.0 Å². The molecule has 0 aliphatic carbocycles. The van der Waals surface area contributed by atoms with E-state index in [0.29, 0.717) is 27.8 Å². The minimum atomic E-state index is -0.715. The number of nitrogens with zero attached hydrogens (tertiary/aromatic N) is 2. The fourth-order valence-corrected chi connectivity index (χ4v) is 3.60. The number of halogens is 3. The molecule has 1 aliphatic heterocycles. The monoisotopic (exact) mass is 422 g/mol. The van der Waals surface area contributed by atoms with Gasteiger partial charge in [-0.05, 0) is 34.5 Å². The summed E-state index contributed by atoms with van der Waals surface area (Å²) in [5, 5.41) is 0.931. The molecule has 9 heteroatoms. The van der Waals surface area contributed by atoms with Crippen LogP contribution in [0.3, 0.4) is 0 Å². The molecule has 0 bridgehead atoms. The van der Waals surface area contributed by atoms with E-state index in [4.69, 9.17) is 32.7 Å². The number of imidazole rings is 1. The largest absolute Gasteiger partial charge is 0.508 e. The molecule has 23 heavy (non-hydrogen) atoms. The van der Waals surface area contributed by atoms with E-state index in [2.05, 4.69) is 25.7 Å². The number of hydrogen-bond acceptors (Lipinski definition) is 5. The molecule has 0 N–H and O–H groups in total. The Balaban J connectivity index is 1.80. The molecule has 2 heterocycles. The third kappa shape index (κ3) is 3.42. The van der Waals surface area contributed by atoms with E-state index < -0.39 is 6.16 Å². The molecular formula is C14H13BrCl2N2O4. The number of fused-ring (bicyclic) bond motifs is 1. The Morgan fingerprint density at radius 3 is 2.96 bits per heavy atom. The summed E-state index contributed by atoms with van der Waals surface area (Å²) in [7, 11) is 1.27. The van der Waals surface area contributed by atoms with Gasteiger partial charge in [0.25, 0.3) is 0 Å². The predicted octanol–water partition coefficient (Wildman–Crippen LogP) is 4.22. The number of methoxy groups -OCH3 is 1. The Morgan fingerprint density at radius 2 is 2.22 bits per heavy atom. The lowest BCUT2D eigenvalue weighted by molar-refractivity contribution is 0.0157. The summed E-state index contributed by atoms with van der Waals surface area (Å²) < 4.78 is 17.7. The van der Waals surface area contributed by atoms with Gasteiger partial charge >= 0.3 is 6.16 Å². The maximum absolute atomic E-state index is 11.0. The first kappa shape index (κ1) is 16.8. The van der Waals surface area contributed by atoms with E-state index in [1.54, 1.807) is 12.1 Å². The topological polar surface area (TPSA) is 62.6 Å². The van der Waals surface area contributed by atoms with Crippen molar-refractivity contribution in [3.05, 3.63) is 26.9 Å². The second kappa shape index (κ2) is 6.84. The smallest absolute Gasteiger partial charge is 0.438 e. The Morgan fingerprint density at radius 1 is 1.48 bits per heavy atom. The average Bonchev–Trinajstić information content (AvgIpc) is 3.09. The molecule has 0 radical (unpaired) electrons. The first-order chi connectivity index (χ1) is 11.0. The van der Waals surface area contributed by atoms with E-state index in [1.165, 1.54) is 7.11 Å². The van der Waals surface area contributed by atoms with Gasteiger partial charge in [0, 0.05) is 0 Å². The first-order valence-corrected chi connectivity index (χ1v) is 8.39. The summed E-state index contributed by atoms with van der Waals surface area (Å²) in [5.41, 5.74) is 1.62. The van der Waals surface area contributed by atoms with E-state index in [1.807, 2.05) is 4.57 Å². The fraction of sp³-hybridized carbons (Fsp3) is 0.429. The summed E-state index contributed by atoms with van der Waals surface area (Å²) in [6.45, 7) is 0.638. The van der Waals surface area contributed by atoms with Crippen LogP contribution in [0.2, 0.25) is 10.0 Å². The average molecular weight is 424 g/mol. The highest BCUT2D eigenvalue weighted by atomic mass is 79.9. The van der Waals surface area contributed by atoms with Crippen molar-refractivity contribution in [3.63, 3.8) is 0 Å². The molecule has 124 valence electrons. The van der Waals surface area contributed by atoms with Crippen LogP contribution in [0.4, 0.5) is 4.79 Å². The van der Waals surface area contributed by atoms with Gasteiger partial charge in [-0.1, -0.05) is 23.2 Å². The van der Waals surface area contributed by atoms with Crippen molar-refractivity contribution < 1.29 is 19.0 Å². The van der Waals surface area contributed by atoms with Gasteiger partial charge in [-0.15, -0.1) is 0 Å². The van der Waals surface area contributed by atoms with Crippen LogP contribution in [0.15, 0.2) is 16.9 Å². The summed E-state index contributed by atoms with van der Waals surface area (Å²) in [4.78, 5) is 15.5. The van der Waals surface area contributed by atoms with Crippen molar-refractivity contribution in [2.45, 2.75) is 18.6 Å². The molecule has 3 rings (SSSR count). The number of carbonyl (C=O) groups excluding carboxylic acids is 1. The fourth-order valence-electron chi connectivity index (χ4n) is 2.61. The third-order valence-corrected chi connectivity index (χ3v) is 4.95. The van der Waals surface area contributed by atoms with Crippen molar-refractivity contribution in [2.24, 2.45) is 0 Å². The van der Waals surface area contributed by atoms with E-state index in [9.17, 15) is 4.79 Å². The molecule has 0 unspecified atom stereocenters. The third-order valence-electron chi connectivity index (χ3n) is 3.67. The maximum atomic E-state index is 11.0. The molecule has 2 aromatic rings. The summed E-state index contributed by atoms with van der Waals surface area (Å²) in [6, 6.07) is 3.57.